The van der Waals surface area contributed by atoms with Crippen molar-refractivity contribution >= 4 is 52.5 Å². The first-order chi connectivity index (χ1) is 23.0. The van der Waals surface area contributed by atoms with Gasteiger partial charge in [-0.15, -0.1) is 11.8 Å². The van der Waals surface area contributed by atoms with Gasteiger partial charge in [0.2, 0.25) is 11.8 Å². The predicted octanol–water partition coefficient (Wildman–Crippen LogP) is 4.74. The quantitative estimate of drug-likeness (QED) is 0.256. The number of hydrogen-bond donors (Lipinski definition) is 3. The largest absolute Gasteiger partial charge is 0.490 e. The van der Waals surface area contributed by atoms with Crippen LogP contribution in [0, 0.1) is 42.4 Å². The van der Waals surface area contributed by atoms with Crippen LogP contribution in [-0.2, 0) is 19.2 Å². The van der Waals surface area contributed by atoms with Gasteiger partial charge in [-0.1, -0.05) is 43.4 Å². The lowest BCUT2D eigenvalue weighted by Crippen LogP contribution is -2.49. The maximum atomic E-state index is 14.0. The Balaban J connectivity index is 1.20. The van der Waals surface area contributed by atoms with E-state index in [1.165, 1.54) is 0 Å². The van der Waals surface area contributed by atoms with Gasteiger partial charge in [-0.25, -0.2) is 4.79 Å². The van der Waals surface area contributed by atoms with Gasteiger partial charge in [0.25, 0.3) is 5.91 Å². The molecule has 3 heterocycles. The molecule has 3 fully saturated rings. The average molecular weight is 692 g/mol. The van der Waals surface area contributed by atoms with Gasteiger partial charge in [0, 0.05) is 21.7 Å². The Bertz CT molecular complexity index is 1870. The zero-order chi connectivity index (χ0) is 34.0. The molecule has 3 aromatic rings. The van der Waals surface area contributed by atoms with Gasteiger partial charge >= 0.3 is 10.8 Å². The van der Waals surface area contributed by atoms with Gasteiger partial charge in [0.15, 0.2) is 18.1 Å². The average Bonchev–Trinajstić information content (AvgIpc) is 3.76. The molecule has 2 aromatic carbocycles. The summed E-state index contributed by atoms with van der Waals surface area (Å²) >= 11 is 2.72. The van der Waals surface area contributed by atoms with Gasteiger partial charge < -0.3 is 24.9 Å². The summed E-state index contributed by atoms with van der Waals surface area (Å²) in [7, 11) is 0. The number of hydrogen-bond acceptors (Lipinski definition) is 9. The third kappa shape index (κ3) is 5.31. The smallest absolute Gasteiger partial charge is 0.327 e. The number of carbonyl (C=O) groups excluding carboxylic acids is 3. The molecule has 2 aliphatic carbocycles. The number of aliphatic carboxylic acids is 1. The maximum Gasteiger partial charge on any atom is 0.327 e. The number of nitrogens with zero attached hydrogens (tertiary/aromatic N) is 1. The molecular weight excluding hydrogens is 655 g/mol. The molecule has 4 aliphatic rings. The highest BCUT2D eigenvalue weighted by atomic mass is 32.2. The number of nitrogens with one attached hydrogen (secondary N) is 2. The third-order valence-corrected chi connectivity index (χ3v) is 12.8. The van der Waals surface area contributed by atoms with Crippen molar-refractivity contribution in [1.82, 2.24) is 9.88 Å². The molecule has 1 saturated heterocycles. The van der Waals surface area contributed by atoms with Crippen LogP contribution >= 0.6 is 23.1 Å². The van der Waals surface area contributed by atoms with E-state index >= 15 is 0 Å². The van der Waals surface area contributed by atoms with Gasteiger partial charge in [0.05, 0.1) is 23.5 Å². The van der Waals surface area contributed by atoms with Crippen molar-refractivity contribution in [3.05, 3.63) is 68.1 Å². The number of benzene rings is 2. The summed E-state index contributed by atoms with van der Waals surface area (Å²) in [4.78, 5) is 70.1. The molecule has 48 heavy (non-hydrogen) atoms. The number of carboxylic acid groups (broad SMARTS) is 1. The van der Waals surface area contributed by atoms with Crippen molar-refractivity contribution in [1.29, 1.82) is 0 Å². The van der Waals surface area contributed by atoms with Crippen molar-refractivity contribution < 1.29 is 33.8 Å². The maximum absolute atomic E-state index is 14.0. The molecule has 3 amide bonds. The molecule has 8 atom stereocenters. The Morgan fingerprint density at radius 2 is 1.79 bits per heavy atom. The number of H-pyrrole nitrogens is 1. The summed E-state index contributed by atoms with van der Waals surface area (Å²) < 4.78 is 11.9. The lowest BCUT2D eigenvalue weighted by Gasteiger charge is -2.43. The molecule has 0 radical (unpaired) electrons. The highest BCUT2D eigenvalue weighted by Crippen LogP contribution is 2.68. The standard InChI is InChI=1S/C35H37N3O8S2/c1-5-45-22-12-17(9-10-21(22)46-14-23(39)36-18-8-6-7-16(4)11-18)24-25-19-13-20(29(25)47-31-30(24)48-35(44)37-31)27-26(19)32(40)38(33(27)41)28(15(2)3)34(42)43/h6-12,15,19-20,24-29H,5,13-14H2,1-4H3,(H,36,39)(H,37,44)(H,42,43)/t19?,20?,24-,25?,26?,27?,28?,29?/m1/s1. The van der Waals surface area contributed by atoms with Crippen molar-refractivity contribution in [3.8, 4) is 11.5 Å². The van der Waals surface area contributed by atoms with Crippen LogP contribution in [0.5, 0.6) is 11.5 Å². The predicted molar refractivity (Wildman–Crippen MR) is 180 cm³/mol. The zero-order valence-corrected chi connectivity index (χ0v) is 28.6. The number of amides is 3. The van der Waals surface area contributed by atoms with Crippen LogP contribution in [0.2, 0.25) is 0 Å². The topological polar surface area (TPSA) is 155 Å². The molecule has 7 unspecified atom stereocenters. The van der Waals surface area contributed by atoms with E-state index in [1.54, 1.807) is 31.7 Å². The summed E-state index contributed by atoms with van der Waals surface area (Å²) in [6.45, 7) is 7.35. The van der Waals surface area contributed by atoms with E-state index in [-0.39, 0.29) is 52.2 Å². The van der Waals surface area contributed by atoms with Crippen LogP contribution in [0.25, 0.3) is 0 Å². The van der Waals surface area contributed by atoms with Crippen LogP contribution in [0.15, 0.2) is 52.3 Å². The summed E-state index contributed by atoms with van der Waals surface area (Å²) in [5.41, 5.74) is 2.58. The lowest BCUT2D eigenvalue weighted by molar-refractivity contribution is -0.157. The third-order valence-electron chi connectivity index (χ3n) is 10.2. The van der Waals surface area contributed by atoms with E-state index < -0.39 is 35.7 Å². The molecule has 1 aromatic heterocycles. The van der Waals surface area contributed by atoms with Gasteiger partial charge in [-0.3, -0.25) is 24.1 Å². The highest BCUT2D eigenvalue weighted by Gasteiger charge is 2.70. The second kappa shape index (κ2) is 12.4. The molecule has 2 aliphatic heterocycles. The minimum absolute atomic E-state index is 0.0465. The van der Waals surface area contributed by atoms with E-state index in [2.05, 4.69) is 10.3 Å². The number of likely N-dealkylation sites (tertiary alicyclic amines) is 1. The number of thioether (sulfide) groups is 1. The molecule has 11 nitrogen and oxygen atoms in total. The number of aryl methyl sites for hydroxylation is 1. The minimum Gasteiger partial charge on any atom is -0.490 e. The molecule has 0 spiro atoms. The van der Waals surface area contributed by atoms with E-state index in [4.69, 9.17) is 9.47 Å². The Kier molecular flexibility index (Phi) is 8.39. The first-order valence-electron chi connectivity index (χ1n) is 16.2. The van der Waals surface area contributed by atoms with Crippen LogP contribution < -0.4 is 19.7 Å². The number of carbonyl (C=O) groups is 4. The summed E-state index contributed by atoms with van der Waals surface area (Å²) in [6.07, 6.45) is 0.688. The number of aromatic amines is 1. The SMILES string of the molecule is CCOc1cc([C@H]2c3sc(=O)[nH]c3SC3C4CC(C5C(=O)N(C(C(=O)O)C(C)C)C(=O)C45)C32)ccc1OCC(=O)Nc1cccc(C)c1. The fourth-order valence-corrected chi connectivity index (χ4v) is 11.4. The first-order valence-corrected chi connectivity index (χ1v) is 17.9. The molecule has 2 saturated carbocycles. The van der Waals surface area contributed by atoms with Crippen molar-refractivity contribution in [2.24, 2.45) is 35.5 Å². The first kappa shape index (κ1) is 32.4. The van der Waals surface area contributed by atoms with Crippen LogP contribution in [0.3, 0.4) is 0 Å². The number of ether oxygens (including phenoxy) is 2. The number of thiazole rings is 1. The lowest BCUT2D eigenvalue weighted by atomic mass is 9.68. The number of imide groups is 1. The number of rotatable bonds is 10. The van der Waals surface area contributed by atoms with Gasteiger partial charge in [-0.05, 0) is 79.3 Å². The van der Waals surface area contributed by atoms with Crippen LogP contribution in [-0.4, -0.2) is 63.2 Å². The Labute approximate surface area is 285 Å². The fraction of sp³-hybridized carbons (Fsp3) is 0.457. The number of carboxylic acids is 1. The van der Waals surface area contributed by atoms with E-state index in [9.17, 15) is 29.1 Å². The zero-order valence-electron chi connectivity index (χ0n) is 26.9. The Hall–Kier alpha value is -4.10. The van der Waals surface area contributed by atoms with Gasteiger partial charge in [-0.2, -0.15) is 0 Å². The molecule has 13 heteroatoms. The van der Waals surface area contributed by atoms with Crippen molar-refractivity contribution in [3.63, 3.8) is 0 Å². The second-order valence-electron chi connectivity index (χ2n) is 13.4. The Morgan fingerprint density at radius 1 is 1.04 bits per heavy atom. The summed E-state index contributed by atoms with van der Waals surface area (Å²) in [5.74, 6) is -3.62. The number of anilines is 1. The Morgan fingerprint density at radius 3 is 2.48 bits per heavy atom. The highest BCUT2D eigenvalue weighted by molar-refractivity contribution is 8.00. The molecule has 252 valence electrons. The van der Waals surface area contributed by atoms with Crippen LogP contribution in [0.1, 0.15) is 49.1 Å². The second-order valence-corrected chi connectivity index (χ2v) is 15.6. The monoisotopic (exact) mass is 691 g/mol. The van der Waals surface area contributed by atoms with E-state index in [1.807, 2.05) is 50.2 Å². The van der Waals surface area contributed by atoms with E-state index in [0.29, 0.717) is 30.2 Å². The van der Waals surface area contributed by atoms with Crippen molar-refractivity contribution in [2.45, 2.75) is 56.4 Å². The fourth-order valence-electron chi connectivity index (χ4n) is 8.55. The molecule has 2 bridgehead atoms. The summed E-state index contributed by atoms with van der Waals surface area (Å²) in [5, 5.41) is 13.5. The van der Waals surface area contributed by atoms with E-state index in [0.717, 1.165) is 37.3 Å². The molecule has 3 N–H and O–H groups in total. The number of aromatic nitrogens is 1. The summed E-state index contributed by atoms with van der Waals surface area (Å²) in [6, 6.07) is 11.9. The number of fused-ring (bicyclic) bond motifs is 9. The van der Waals surface area contributed by atoms with Crippen LogP contribution in [0.4, 0.5) is 5.69 Å². The normalized spacial score (nSPS) is 27.4. The molecule has 7 rings (SSSR count). The molecular formula is C35H37N3O8S2. The minimum atomic E-state index is -1.21. The van der Waals surface area contributed by atoms with Gasteiger partial charge in [0.1, 0.15) is 6.04 Å². The van der Waals surface area contributed by atoms with Crippen molar-refractivity contribution in [2.75, 3.05) is 18.5 Å².